The van der Waals surface area contributed by atoms with Crippen molar-refractivity contribution in [2.24, 2.45) is 5.73 Å². The molecular formula is C15H12ClFN2O. The molecule has 0 aliphatic rings. The van der Waals surface area contributed by atoms with Gasteiger partial charge >= 0.3 is 0 Å². The summed E-state index contributed by atoms with van der Waals surface area (Å²) in [5.41, 5.74) is 8.87. The number of fused-ring (bicyclic) bond motifs is 1. The van der Waals surface area contributed by atoms with Crippen LogP contribution in [0, 0.1) is 5.82 Å². The van der Waals surface area contributed by atoms with E-state index in [0.717, 1.165) is 11.1 Å². The number of hydrogen-bond acceptors (Lipinski definition) is 3. The second-order valence-electron chi connectivity index (χ2n) is 4.70. The predicted octanol–water partition coefficient (Wildman–Crippen LogP) is 4.31. The first-order valence-electron chi connectivity index (χ1n) is 6.16. The summed E-state index contributed by atoms with van der Waals surface area (Å²) < 4.78 is 18.5. The Kier molecular flexibility index (Phi) is 3.20. The number of benzene rings is 2. The summed E-state index contributed by atoms with van der Waals surface area (Å²) in [6.45, 7) is 1.85. The van der Waals surface area contributed by atoms with Crippen LogP contribution in [0.5, 0.6) is 0 Å². The van der Waals surface area contributed by atoms with Gasteiger partial charge in [-0.25, -0.2) is 4.39 Å². The summed E-state index contributed by atoms with van der Waals surface area (Å²) in [7, 11) is 0. The van der Waals surface area contributed by atoms with Crippen molar-refractivity contribution in [3.63, 3.8) is 0 Å². The van der Waals surface area contributed by atoms with E-state index in [4.69, 9.17) is 21.9 Å². The van der Waals surface area contributed by atoms with Gasteiger partial charge in [0.2, 0.25) is 0 Å². The lowest BCUT2D eigenvalue weighted by Gasteiger charge is -2.14. The van der Waals surface area contributed by atoms with E-state index in [9.17, 15) is 4.39 Å². The Morgan fingerprint density at radius 1 is 1.35 bits per heavy atom. The second kappa shape index (κ2) is 4.89. The van der Waals surface area contributed by atoms with Crippen molar-refractivity contribution in [1.29, 1.82) is 0 Å². The number of aromatic nitrogens is 1. The molecule has 2 aromatic carbocycles. The van der Waals surface area contributed by atoms with Gasteiger partial charge in [0.05, 0.1) is 10.4 Å². The standard InChI is InChI=1S/C15H12ClFN2O/c1-8(18)11-6-13(16)12-7-20-19-15(12)14(11)9-3-2-4-10(17)5-9/h2-8H,18H2,1H3. The van der Waals surface area contributed by atoms with Crippen LogP contribution in [0.1, 0.15) is 18.5 Å². The van der Waals surface area contributed by atoms with Gasteiger partial charge in [0, 0.05) is 11.6 Å². The number of halogens is 2. The first-order valence-corrected chi connectivity index (χ1v) is 6.53. The van der Waals surface area contributed by atoms with Crippen LogP contribution in [0.15, 0.2) is 41.1 Å². The zero-order chi connectivity index (χ0) is 14.3. The van der Waals surface area contributed by atoms with E-state index in [1.165, 1.54) is 18.4 Å². The largest absolute Gasteiger partial charge is 0.363 e. The van der Waals surface area contributed by atoms with E-state index < -0.39 is 0 Å². The summed E-state index contributed by atoms with van der Waals surface area (Å²) >= 11 is 6.21. The Balaban J connectivity index is 2.40. The predicted molar refractivity (Wildman–Crippen MR) is 77.0 cm³/mol. The van der Waals surface area contributed by atoms with E-state index in [2.05, 4.69) is 5.16 Å². The Hall–Kier alpha value is -1.91. The topological polar surface area (TPSA) is 52.0 Å². The summed E-state index contributed by atoms with van der Waals surface area (Å²) in [5, 5.41) is 5.20. The van der Waals surface area contributed by atoms with Gasteiger partial charge in [0.15, 0.2) is 0 Å². The summed E-state index contributed by atoms with van der Waals surface area (Å²) in [6.07, 6.45) is 1.48. The molecule has 3 rings (SSSR count). The van der Waals surface area contributed by atoms with E-state index in [0.29, 0.717) is 21.5 Å². The van der Waals surface area contributed by atoms with Crippen molar-refractivity contribution in [2.75, 3.05) is 0 Å². The molecule has 0 radical (unpaired) electrons. The lowest BCUT2D eigenvalue weighted by molar-refractivity contribution is 0.428. The maximum absolute atomic E-state index is 13.5. The fourth-order valence-corrected chi connectivity index (χ4v) is 2.57. The number of nitrogens with two attached hydrogens (primary N) is 1. The van der Waals surface area contributed by atoms with Crippen molar-refractivity contribution in [1.82, 2.24) is 5.16 Å². The Labute approximate surface area is 120 Å². The molecule has 2 N–H and O–H groups in total. The van der Waals surface area contributed by atoms with Crippen LogP contribution in [0.4, 0.5) is 4.39 Å². The highest BCUT2D eigenvalue weighted by Gasteiger charge is 2.18. The van der Waals surface area contributed by atoms with Crippen molar-refractivity contribution in [2.45, 2.75) is 13.0 Å². The Bertz CT molecular complexity index is 783. The second-order valence-corrected chi connectivity index (χ2v) is 5.11. The average molecular weight is 291 g/mol. The van der Waals surface area contributed by atoms with Crippen molar-refractivity contribution in [3.05, 3.63) is 53.0 Å². The van der Waals surface area contributed by atoms with Crippen molar-refractivity contribution >= 4 is 22.5 Å². The average Bonchev–Trinajstić information content (AvgIpc) is 2.88. The normalized spacial score (nSPS) is 12.8. The fourth-order valence-electron chi connectivity index (χ4n) is 2.32. The van der Waals surface area contributed by atoms with E-state index >= 15 is 0 Å². The van der Waals surface area contributed by atoms with Gasteiger partial charge < -0.3 is 10.3 Å². The molecule has 0 saturated carbocycles. The molecule has 1 atom stereocenters. The minimum Gasteiger partial charge on any atom is -0.363 e. The quantitative estimate of drug-likeness (QED) is 0.765. The van der Waals surface area contributed by atoms with Gasteiger partial charge in [-0.15, -0.1) is 0 Å². The van der Waals surface area contributed by atoms with Crippen LogP contribution in [0.3, 0.4) is 0 Å². The molecule has 3 nitrogen and oxygen atoms in total. The van der Waals surface area contributed by atoms with Gasteiger partial charge in [-0.2, -0.15) is 0 Å². The third-order valence-electron chi connectivity index (χ3n) is 3.24. The minimum atomic E-state index is -0.315. The number of rotatable bonds is 2. The molecule has 0 aliphatic heterocycles. The first kappa shape index (κ1) is 13.1. The highest BCUT2D eigenvalue weighted by Crippen LogP contribution is 2.38. The zero-order valence-corrected chi connectivity index (χ0v) is 11.5. The molecule has 1 unspecified atom stereocenters. The molecule has 5 heteroatoms. The molecule has 102 valence electrons. The van der Waals surface area contributed by atoms with E-state index in [1.807, 2.05) is 13.0 Å². The molecule has 0 bridgehead atoms. The molecule has 0 fully saturated rings. The lowest BCUT2D eigenvalue weighted by atomic mass is 9.93. The van der Waals surface area contributed by atoms with Crippen molar-refractivity contribution in [3.8, 4) is 11.1 Å². The third kappa shape index (κ3) is 2.07. The van der Waals surface area contributed by atoms with Crippen molar-refractivity contribution < 1.29 is 8.91 Å². The molecule has 0 aliphatic carbocycles. The Morgan fingerprint density at radius 3 is 2.85 bits per heavy atom. The maximum atomic E-state index is 13.5. The van der Waals surface area contributed by atoms with E-state index in [-0.39, 0.29) is 11.9 Å². The molecular weight excluding hydrogens is 279 g/mol. The van der Waals surface area contributed by atoms with Crippen LogP contribution in [-0.2, 0) is 0 Å². The fraction of sp³-hybridized carbons (Fsp3) is 0.133. The highest BCUT2D eigenvalue weighted by atomic mass is 35.5. The van der Waals surface area contributed by atoms with Crippen LogP contribution < -0.4 is 5.73 Å². The monoisotopic (exact) mass is 290 g/mol. The van der Waals surface area contributed by atoms with Gasteiger partial charge in [0.25, 0.3) is 0 Å². The lowest BCUT2D eigenvalue weighted by Crippen LogP contribution is -2.07. The summed E-state index contributed by atoms with van der Waals surface area (Å²) in [4.78, 5) is 0. The summed E-state index contributed by atoms with van der Waals surface area (Å²) in [6, 6.07) is 7.83. The van der Waals surface area contributed by atoms with Crippen LogP contribution >= 0.6 is 11.6 Å². The molecule has 1 aromatic heterocycles. The van der Waals surface area contributed by atoms with Crippen LogP contribution in [0.2, 0.25) is 5.02 Å². The maximum Gasteiger partial charge on any atom is 0.133 e. The number of nitrogens with zero attached hydrogens (tertiary/aromatic N) is 1. The Morgan fingerprint density at radius 2 is 2.15 bits per heavy atom. The first-order chi connectivity index (χ1) is 9.58. The van der Waals surface area contributed by atoms with Gasteiger partial charge in [0.1, 0.15) is 17.6 Å². The highest BCUT2D eigenvalue weighted by molar-refractivity contribution is 6.36. The number of hydrogen-bond donors (Lipinski definition) is 1. The minimum absolute atomic E-state index is 0.258. The molecule has 20 heavy (non-hydrogen) atoms. The van der Waals surface area contributed by atoms with Gasteiger partial charge in [-0.1, -0.05) is 28.9 Å². The van der Waals surface area contributed by atoms with Gasteiger partial charge in [-0.05, 0) is 36.2 Å². The smallest absolute Gasteiger partial charge is 0.133 e. The zero-order valence-electron chi connectivity index (χ0n) is 10.7. The molecule has 0 amide bonds. The third-order valence-corrected chi connectivity index (χ3v) is 3.55. The van der Waals surface area contributed by atoms with Crippen LogP contribution in [-0.4, -0.2) is 5.16 Å². The molecule has 0 saturated heterocycles. The van der Waals surface area contributed by atoms with E-state index in [1.54, 1.807) is 12.1 Å². The van der Waals surface area contributed by atoms with Crippen LogP contribution in [0.25, 0.3) is 22.0 Å². The molecule has 3 aromatic rings. The molecule has 0 spiro atoms. The SMILES string of the molecule is CC(N)c1cc(Cl)c2conc2c1-c1cccc(F)c1. The van der Waals surface area contributed by atoms with Gasteiger partial charge in [-0.3, -0.25) is 0 Å². The molecule has 1 heterocycles. The summed E-state index contributed by atoms with van der Waals surface area (Å²) in [5.74, 6) is -0.315.